The van der Waals surface area contributed by atoms with Crippen molar-refractivity contribution < 1.29 is 4.79 Å². The van der Waals surface area contributed by atoms with Gasteiger partial charge in [-0.25, -0.2) is 0 Å². The maximum absolute atomic E-state index is 11.6. The molecule has 0 aliphatic rings. The van der Waals surface area contributed by atoms with Crippen LogP contribution in [0.15, 0.2) is 24.3 Å². The van der Waals surface area contributed by atoms with E-state index in [0.29, 0.717) is 6.54 Å². The zero-order valence-corrected chi connectivity index (χ0v) is 10.6. The summed E-state index contributed by atoms with van der Waals surface area (Å²) in [4.78, 5) is 13.4. The summed E-state index contributed by atoms with van der Waals surface area (Å²) in [7, 11) is 0. The number of aryl methyl sites for hydroxylation is 1. The first kappa shape index (κ1) is 13.0. The molecule has 0 aliphatic heterocycles. The lowest BCUT2D eigenvalue weighted by Crippen LogP contribution is -2.32. The minimum atomic E-state index is 0.00627. The molecule has 0 spiro atoms. The molecule has 0 saturated heterocycles. The van der Waals surface area contributed by atoms with Crippen molar-refractivity contribution in [3.05, 3.63) is 35.4 Å². The van der Waals surface area contributed by atoms with Crippen molar-refractivity contribution in [2.75, 3.05) is 12.4 Å². The Morgan fingerprint density at radius 2 is 2.06 bits per heavy atom. The molecule has 1 amide bonds. The van der Waals surface area contributed by atoms with Gasteiger partial charge >= 0.3 is 0 Å². The van der Waals surface area contributed by atoms with Gasteiger partial charge in [0.2, 0.25) is 5.91 Å². The Labute approximate surface area is 102 Å². The molecular weight excluding hydrogens is 222 g/mol. The zero-order chi connectivity index (χ0) is 12.0. The van der Waals surface area contributed by atoms with Crippen molar-refractivity contribution in [3.63, 3.8) is 0 Å². The average molecular weight is 240 g/mol. The molecule has 1 aromatic rings. The molecular formula is C13H18ClNO. The Kier molecular flexibility index (Phi) is 5.33. The summed E-state index contributed by atoms with van der Waals surface area (Å²) in [5.74, 6) is 0.0677. The molecule has 16 heavy (non-hydrogen) atoms. The average Bonchev–Trinajstić information content (AvgIpc) is 2.30. The van der Waals surface area contributed by atoms with E-state index < -0.39 is 0 Å². The number of halogens is 1. The molecule has 0 atom stereocenters. The van der Waals surface area contributed by atoms with Crippen LogP contribution in [0.2, 0.25) is 0 Å². The number of hydrogen-bond donors (Lipinski definition) is 0. The van der Waals surface area contributed by atoms with E-state index in [1.54, 1.807) is 0 Å². The van der Waals surface area contributed by atoms with Gasteiger partial charge in [-0.2, -0.15) is 0 Å². The summed E-state index contributed by atoms with van der Waals surface area (Å²) in [5, 5.41) is 0. The fourth-order valence-corrected chi connectivity index (χ4v) is 1.81. The third-order valence-corrected chi connectivity index (χ3v) is 2.81. The first-order valence-electron chi connectivity index (χ1n) is 5.57. The Bertz CT molecular complexity index is 352. The van der Waals surface area contributed by atoms with Crippen molar-refractivity contribution in [1.29, 1.82) is 0 Å². The number of benzene rings is 1. The molecule has 0 saturated carbocycles. The number of amides is 1. The highest BCUT2D eigenvalue weighted by molar-refractivity contribution is 6.27. The minimum Gasteiger partial charge on any atom is -0.337 e. The Balaban J connectivity index is 2.75. The lowest BCUT2D eigenvalue weighted by atomic mass is 10.1. The van der Waals surface area contributed by atoms with Crippen LogP contribution in [0.4, 0.5) is 0 Å². The van der Waals surface area contributed by atoms with Gasteiger partial charge in [0.25, 0.3) is 0 Å². The van der Waals surface area contributed by atoms with E-state index in [-0.39, 0.29) is 11.8 Å². The van der Waals surface area contributed by atoms with E-state index in [1.165, 1.54) is 11.1 Å². The van der Waals surface area contributed by atoms with Crippen LogP contribution in [0.5, 0.6) is 0 Å². The van der Waals surface area contributed by atoms with Gasteiger partial charge in [-0.1, -0.05) is 31.2 Å². The van der Waals surface area contributed by atoms with Crippen LogP contribution in [-0.2, 0) is 11.3 Å². The maximum Gasteiger partial charge on any atom is 0.237 e. The van der Waals surface area contributed by atoms with Crippen molar-refractivity contribution in [2.24, 2.45) is 0 Å². The minimum absolute atomic E-state index is 0.00627. The molecule has 0 aromatic heterocycles. The summed E-state index contributed by atoms with van der Waals surface area (Å²) < 4.78 is 0. The molecule has 0 unspecified atom stereocenters. The van der Waals surface area contributed by atoms with Gasteiger partial charge in [0.05, 0.1) is 0 Å². The third kappa shape index (κ3) is 3.53. The summed E-state index contributed by atoms with van der Waals surface area (Å²) in [6.45, 7) is 5.54. The van der Waals surface area contributed by atoms with E-state index in [1.807, 2.05) is 17.0 Å². The van der Waals surface area contributed by atoms with Crippen LogP contribution in [0.25, 0.3) is 0 Å². The van der Waals surface area contributed by atoms with Crippen LogP contribution in [0, 0.1) is 6.92 Å². The van der Waals surface area contributed by atoms with Gasteiger partial charge in [0, 0.05) is 13.1 Å². The molecule has 0 bridgehead atoms. The van der Waals surface area contributed by atoms with E-state index in [4.69, 9.17) is 11.6 Å². The number of nitrogens with zero attached hydrogens (tertiary/aromatic N) is 1. The third-order valence-electron chi connectivity index (χ3n) is 2.58. The number of alkyl halides is 1. The molecule has 1 aromatic carbocycles. The lowest BCUT2D eigenvalue weighted by Gasteiger charge is -2.22. The first-order chi connectivity index (χ1) is 7.69. The predicted molar refractivity (Wildman–Crippen MR) is 67.6 cm³/mol. The van der Waals surface area contributed by atoms with Gasteiger partial charge < -0.3 is 4.90 Å². The van der Waals surface area contributed by atoms with Crippen LogP contribution in [-0.4, -0.2) is 23.2 Å². The van der Waals surface area contributed by atoms with Gasteiger partial charge in [0.1, 0.15) is 5.88 Å². The molecule has 0 heterocycles. The smallest absolute Gasteiger partial charge is 0.237 e. The van der Waals surface area contributed by atoms with E-state index in [9.17, 15) is 4.79 Å². The van der Waals surface area contributed by atoms with Gasteiger partial charge in [-0.15, -0.1) is 11.6 Å². The van der Waals surface area contributed by atoms with E-state index in [0.717, 1.165) is 13.0 Å². The topological polar surface area (TPSA) is 20.3 Å². The second-order valence-electron chi connectivity index (χ2n) is 3.88. The highest BCUT2D eigenvalue weighted by Gasteiger charge is 2.12. The Hall–Kier alpha value is -1.02. The number of carbonyl (C=O) groups excluding carboxylic acids is 1. The Morgan fingerprint density at radius 3 is 2.62 bits per heavy atom. The van der Waals surface area contributed by atoms with E-state index in [2.05, 4.69) is 26.0 Å². The van der Waals surface area contributed by atoms with Crippen LogP contribution in [0.1, 0.15) is 24.5 Å². The van der Waals surface area contributed by atoms with Crippen LogP contribution < -0.4 is 0 Å². The molecule has 88 valence electrons. The van der Waals surface area contributed by atoms with Gasteiger partial charge in [0.15, 0.2) is 0 Å². The summed E-state index contributed by atoms with van der Waals surface area (Å²) >= 11 is 5.60. The lowest BCUT2D eigenvalue weighted by molar-refractivity contribution is -0.129. The van der Waals surface area contributed by atoms with Crippen molar-refractivity contribution in [3.8, 4) is 0 Å². The molecule has 0 N–H and O–H groups in total. The highest BCUT2D eigenvalue weighted by Crippen LogP contribution is 2.11. The van der Waals surface area contributed by atoms with Crippen molar-refractivity contribution in [1.82, 2.24) is 4.90 Å². The van der Waals surface area contributed by atoms with E-state index >= 15 is 0 Å². The molecule has 0 radical (unpaired) electrons. The zero-order valence-electron chi connectivity index (χ0n) is 9.87. The Morgan fingerprint density at radius 1 is 1.38 bits per heavy atom. The highest BCUT2D eigenvalue weighted by atomic mass is 35.5. The van der Waals surface area contributed by atoms with Crippen molar-refractivity contribution in [2.45, 2.75) is 26.8 Å². The quantitative estimate of drug-likeness (QED) is 0.724. The van der Waals surface area contributed by atoms with Gasteiger partial charge in [-0.05, 0) is 24.5 Å². The largest absolute Gasteiger partial charge is 0.337 e. The standard InChI is InChI=1S/C13H18ClNO/c1-3-8-15(13(16)9-14)10-12-7-5-4-6-11(12)2/h4-7H,3,8-10H2,1-2H3. The second kappa shape index (κ2) is 6.54. The van der Waals surface area contributed by atoms with Gasteiger partial charge in [-0.3, -0.25) is 4.79 Å². The molecule has 1 rings (SSSR count). The monoisotopic (exact) mass is 239 g/mol. The normalized spacial score (nSPS) is 10.2. The van der Waals surface area contributed by atoms with Crippen LogP contribution in [0.3, 0.4) is 0 Å². The second-order valence-corrected chi connectivity index (χ2v) is 4.14. The summed E-state index contributed by atoms with van der Waals surface area (Å²) in [5.41, 5.74) is 2.40. The number of carbonyl (C=O) groups is 1. The number of rotatable bonds is 5. The summed E-state index contributed by atoms with van der Waals surface area (Å²) in [6, 6.07) is 8.12. The molecule has 2 nitrogen and oxygen atoms in total. The van der Waals surface area contributed by atoms with Crippen LogP contribution >= 0.6 is 11.6 Å². The fourth-order valence-electron chi connectivity index (χ4n) is 1.64. The SMILES string of the molecule is CCCN(Cc1ccccc1C)C(=O)CCl. The maximum atomic E-state index is 11.6. The molecule has 0 fully saturated rings. The first-order valence-corrected chi connectivity index (χ1v) is 6.10. The fraction of sp³-hybridized carbons (Fsp3) is 0.462. The number of hydrogen-bond acceptors (Lipinski definition) is 1. The molecule has 0 aliphatic carbocycles. The summed E-state index contributed by atoms with van der Waals surface area (Å²) in [6.07, 6.45) is 0.953. The predicted octanol–water partition coefficient (Wildman–Crippen LogP) is 2.97. The van der Waals surface area contributed by atoms with Crippen molar-refractivity contribution >= 4 is 17.5 Å². The molecule has 3 heteroatoms.